The zero-order chi connectivity index (χ0) is 20.6. The molecular formula is C21H26ClN3O3S. The number of hydrogen-bond donors (Lipinski definition) is 0. The summed E-state index contributed by atoms with van der Waals surface area (Å²) < 4.78 is 12.7. The van der Waals surface area contributed by atoms with Gasteiger partial charge in [-0.05, 0) is 43.7 Å². The Bertz CT molecular complexity index is 957. The summed E-state index contributed by atoms with van der Waals surface area (Å²) in [6.07, 6.45) is 5.28. The first kappa shape index (κ1) is 20.6. The highest BCUT2D eigenvalue weighted by Gasteiger charge is 2.41. The Kier molecular flexibility index (Phi) is 5.82. The zero-order valence-corrected chi connectivity index (χ0v) is 18.6. The van der Waals surface area contributed by atoms with Crippen molar-refractivity contribution in [2.24, 2.45) is 12.5 Å². The molecule has 8 heteroatoms. The molecular weight excluding hydrogens is 410 g/mol. The zero-order valence-electron chi connectivity index (χ0n) is 17.0. The van der Waals surface area contributed by atoms with Gasteiger partial charge in [-0.15, -0.1) is 0 Å². The van der Waals surface area contributed by atoms with Crippen LogP contribution in [0.5, 0.6) is 5.75 Å². The van der Waals surface area contributed by atoms with Crippen LogP contribution >= 0.6 is 23.4 Å². The maximum atomic E-state index is 13.0. The average Bonchev–Trinajstić information content (AvgIpc) is 3.08. The van der Waals surface area contributed by atoms with Gasteiger partial charge in [0.1, 0.15) is 5.75 Å². The maximum Gasteiger partial charge on any atom is 0.268 e. The summed E-state index contributed by atoms with van der Waals surface area (Å²) in [5.74, 6) is 1.31. The van der Waals surface area contributed by atoms with Gasteiger partial charge in [0.05, 0.1) is 35.9 Å². The molecule has 0 bridgehead atoms. The van der Waals surface area contributed by atoms with Crippen molar-refractivity contribution in [3.8, 4) is 5.75 Å². The minimum absolute atomic E-state index is 0.0722. The second-order valence-electron chi connectivity index (χ2n) is 7.97. The molecule has 3 heterocycles. The molecule has 1 aromatic heterocycles. The SMILES string of the molecule is COc1cccc(Sc2cnc(N3CCC4(CC3)CO[C@@H](C)C4)n(C)c2=O)c1Cl. The number of halogens is 1. The Morgan fingerprint density at radius 2 is 2.07 bits per heavy atom. The van der Waals surface area contributed by atoms with E-state index in [-0.39, 0.29) is 5.56 Å². The number of aromatic nitrogens is 2. The van der Waals surface area contributed by atoms with Crippen molar-refractivity contribution in [3.63, 3.8) is 0 Å². The molecule has 29 heavy (non-hydrogen) atoms. The highest BCUT2D eigenvalue weighted by atomic mass is 35.5. The highest BCUT2D eigenvalue weighted by molar-refractivity contribution is 7.99. The molecule has 1 atom stereocenters. The molecule has 0 unspecified atom stereocenters. The fourth-order valence-corrected chi connectivity index (χ4v) is 5.52. The molecule has 156 valence electrons. The fraction of sp³-hybridized carbons (Fsp3) is 0.524. The highest BCUT2D eigenvalue weighted by Crippen LogP contribution is 2.42. The summed E-state index contributed by atoms with van der Waals surface area (Å²) >= 11 is 7.69. The van der Waals surface area contributed by atoms with Crippen molar-refractivity contribution in [1.29, 1.82) is 0 Å². The van der Waals surface area contributed by atoms with Crippen LogP contribution in [-0.2, 0) is 11.8 Å². The predicted octanol–water partition coefficient (Wildman–Crippen LogP) is 3.99. The molecule has 0 radical (unpaired) electrons. The Balaban J connectivity index is 1.52. The van der Waals surface area contributed by atoms with Crippen molar-refractivity contribution in [1.82, 2.24) is 9.55 Å². The maximum absolute atomic E-state index is 13.0. The van der Waals surface area contributed by atoms with Crippen LogP contribution in [0.1, 0.15) is 26.2 Å². The molecule has 2 fully saturated rings. The van der Waals surface area contributed by atoms with E-state index in [4.69, 9.17) is 21.1 Å². The molecule has 0 saturated carbocycles. The van der Waals surface area contributed by atoms with Crippen molar-refractivity contribution < 1.29 is 9.47 Å². The van der Waals surface area contributed by atoms with Gasteiger partial charge in [-0.1, -0.05) is 29.4 Å². The van der Waals surface area contributed by atoms with Crippen LogP contribution in [0, 0.1) is 5.41 Å². The monoisotopic (exact) mass is 435 g/mol. The van der Waals surface area contributed by atoms with Crippen molar-refractivity contribution >= 4 is 29.3 Å². The number of ether oxygens (including phenoxy) is 2. The van der Waals surface area contributed by atoms with E-state index in [9.17, 15) is 4.79 Å². The van der Waals surface area contributed by atoms with Gasteiger partial charge in [0.25, 0.3) is 5.56 Å². The Morgan fingerprint density at radius 1 is 1.31 bits per heavy atom. The first-order chi connectivity index (χ1) is 13.9. The van der Waals surface area contributed by atoms with E-state index in [1.54, 1.807) is 31.0 Å². The quantitative estimate of drug-likeness (QED) is 0.723. The Morgan fingerprint density at radius 3 is 2.72 bits per heavy atom. The third kappa shape index (κ3) is 4.00. The molecule has 2 saturated heterocycles. The molecule has 0 aliphatic carbocycles. The second-order valence-corrected chi connectivity index (χ2v) is 9.44. The third-order valence-corrected chi connectivity index (χ3v) is 7.54. The minimum Gasteiger partial charge on any atom is -0.495 e. The summed E-state index contributed by atoms with van der Waals surface area (Å²) in [5, 5.41) is 0.500. The van der Waals surface area contributed by atoms with Gasteiger partial charge in [-0.2, -0.15) is 0 Å². The van der Waals surface area contributed by atoms with Gasteiger partial charge in [0.15, 0.2) is 0 Å². The molecule has 2 aliphatic rings. The largest absolute Gasteiger partial charge is 0.495 e. The van der Waals surface area contributed by atoms with Crippen LogP contribution in [-0.4, -0.2) is 42.5 Å². The van der Waals surface area contributed by atoms with E-state index >= 15 is 0 Å². The molecule has 2 aromatic rings. The van der Waals surface area contributed by atoms with E-state index in [0.29, 0.717) is 27.2 Å². The number of hydrogen-bond acceptors (Lipinski definition) is 6. The fourth-order valence-electron chi connectivity index (χ4n) is 4.30. The number of piperidine rings is 1. The first-order valence-corrected chi connectivity index (χ1v) is 11.0. The van der Waals surface area contributed by atoms with E-state index < -0.39 is 0 Å². The van der Waals surface area contributed by atoms with Gasteiger partial charge in [0, 0.05) is 25.0 Å². The lowest BCUT2D eigenvalue weighted by Crippen LogP contribution is -2.43. The third-order valence-electron chi connectivity index (χ3n) is 5.98. The Labute approximate surface area is 180 Å². The van der Waals surface area contributed by atoms with Crippen molar-refractivity contribution in [3.05, 3.63) is 39.8 Å². The standard InChI is InChI=1S/C21H26ClN3O3S/c1-14-11-21(13-28-14)7-9-25(10-8-21)20-23-12-17(19(26)24(20)2)29-16-6-4-5-15(27-3)18(16)22/h4-6,12,14H,7-11,13H2,1-3H3/t14-/m0/s1. The number of anilines is 1. The molecule has 0 amide bonds. The molecule has 2 aliphatic heterocycles. The first-order valence-electron chi connectivity index (χ1n) is 9.85. The predicted molar refractivity (Wildman–Crippen MR) is 116 cm³/mol. The van der Waals surface area contributed by atoms with Crippen LogP contribution in [0.15, 0.2) is 39.0 Å². The average molecular weight is 436 g/mol. The van der Waals surface area contributed by atoms with E-state index in [1.165, 1.54) is 11.8 Å². The molecule has 4 rings (SSSR count). The lowest BCUT2D eigenvalue weighted by atomic mass is 9.77. The lowest BCUT2D eigenvalue weighted by Gasteiger charge is -2.39. The van der Waals surface area contributed by atoms with Gasteiger partial charge < -0.3 is 14.4 Å². The lowest BCUT2D eigenvalue weighted by molar-refractivity contribution is 0.0974. The number of rotatable bonds is 4. The van der Waals surface area contributed by atoms with Crippen LogP contribution in [0.4, 0.5) is 5.95 Å². The van der Waals surface area contributed by atoms with E-state index in [1.807, 2.05) is 12.1 Å². The summed E-state index contributed by atoms with van der Waals surface area (Å²) in [6, 6.07) is 5.53. The topological polar surface area (TPSA) is 56.6 Å². The second kappa shape index (κ2) is 8.20. The molecule has 1 aromatic carbocycles. The smallest absolute Gasteiger partial charge is 0.268 e. The molecule has 1 spiro atoms. The van der Waals surface area contributed by atoms with Gasteiger partial charge in [0.2, 0.25) is 5.95 Å². The summed E-state index contributed by atoms with van der Waals surface area (Å²) in [5.41, 5.74) is 0.227. The van der Waals surface area contributed by atoms with Crippen molar-refractivity contribution in [2.45, 2.75) is 42.1 Å². The number of nitrogens with zero attached hydrogens (tertiary/aromatic N) is 3. The number of methoxy groups -OCH3 is 1. The summed E-state index contributed by atoms with van der Waals surface area (Å²) in [6.45, 7) is 4.79. The van der Waals surface area contributed by atoms with Crippen molar-refractivity contribution in [2.75, 3.05) is 31.7 Å². The van der Waals surface area contributed by atoms with E-state index in [0.717, 1.165) is 49.8 Å². The van der Waals surface area contributed by atoms with Crippen LogP contribution in [0.3, 0.4) is 0 Å². The minimum atomic E-state index is -0.0722. The van der Waals surface area contributed by atoms with E-state index in [2.05, 4.69) is 16.8 Å². The summed E-state index contributed by atoms with van der Waals surface area (Å²) in [7, 11) is 3.36. The van der Waals surface area contributed by atoms with Crippen LogP contribution in [0.25, 0.3) is 0 Å². The van der Waals surface area contributed by atoms with Gasteiger partial charge in [-0.3, -0.25) is 9.36 Å². The summed E-state index contributed by atoms with van der Waals surface area (Å²) in [4.78, 5) is 21.1. The molecule has 0 N–H and O–H groups in total. The van der Waals surface area contributed by atoms with Gasteiger partial charge >= 0.3 is 0 Å². The Hall–Kier alpha value is -1.70. The van der Waals surface area contributed by atoms with Gasteiger partial charge in [-0.25, -0.2) is 4.98 Å². The van der Waals surface area contributed by atoms with Crippen LogP contribution in [0.2, 0.25) is 5.02 Å². The normalized spacial score (nSPS) is 21.0. The number of benzene rings is 1. The molecule has 6 nitrogen and oxygen atoms in total. The van der Waals surface area contributed by atoms with Crippen LogP contribution < -0.4 is 15.2 Å².